The summed E-state index contributed by atoms with van der Waals surface area (Å²) in [6.45, 7) is 7.20. The van der Waals surface area contributed by atoms with Gasteiger partial charge in [-0.05, 0) is 69.9 Å². The molecule has 1 aromatic carbocycles. The zero-order chi connectivity index (χ0) is 29.4. The second-order valence-corrected chi connectivity index (χ2v) is 12.0. The van der Waals surface area contributed by atoms with E-state index in [1.54, 1.807) is 39.2 Å². The number of aliphatic hydroxyl groups is 1. The van der Waals surface area contributed by atoms with Gasteiger partial charge < -0.3 is 20.5 Å². The van der Waals surface area contributed by atoms with E-state index in [0.717, 1.165) is 62.8 Å². The predicted octanol–water partition coefficient (Wildman–Crippen LogP) is 3.44. The summed E-state index contributed by atoms with van der Waals surface area (Å²) in [7, 11) is 1.78. The van der Waals surface area contributed by atoms with E-state index in [4.69, 9.17) is 15.1 Å². The van der Waals surface area contributed by atoms with E-state index in [1.165, 1.54) is 10.7 Å². The number of carbonyl (C=O) groups excluding carboxylic acids is 1. The minimum absolute atomic E-state index is 0.303. The van der Waals surface area contributed by atoms with Crippen LogP contribution in [0.4, 0.5) is 5.69 Å². The van der Waals surface area contributed by atoms with E-state index in [9.17, 15) is 9.90 Å². The van der Waals surface area contributed by atoms with Crippen LogP contribution >= 0.6 is 0 Å². The van der Waals surface area contributed by atoms with Crippen molar-refractivity contribution in [3.05, 3.63) is 59.5 Å². The monoisotopic (exact) mass is 570 g/mol. The van der Waals surface area contributed by atoms with Crippen LogP contribution in [0.15, 0.2) is 42.7 Å². The Morgan fingerprint density at radius 3 is 2.74 bits per heavy atom. The molecule has 11 heteroatoms. The van der Waals surface area contributed by atoms with Gasteiger partial charge in [-0.2, -0.15) is 15.5 Å². The van der Waals surface area contributed by atoms with Crippen molar-refractivity contribution in [1.29, 1.82) is 5.26 Å². The maximum absolute atomic E-state index is 13.4. The molecule has 3 aromatic heterocycles. The molecule has 220 valence electrons. The number of nitriles is 1. The van der Waals surface area contributed by atoms with Gasteiger partial charge >= 0.3 is 0 Å². The number of piperazine rings is 1. The third kappa shape index (κ3) is 5.51. The summed E-state index contributed by atoms with van der Waals surface area (Å²) < 4.78 is 9.06. The van der Waals surface area contributed by atoms with E-state index < -0.39 is 5.60 Å². The molecule has 0 bridgehead atoms. The summed E-state index contributed by atoms with van der Waals surface area (Å²) in [5.41, 5.74) is 2.10. The largest absolute Gasteiger partial charge is 0.386 e. The molecule has 4 aromatic rings. The number of benzene rings is 1. The van der Waals surface area contributed by atoms with Crippen LogP contribution in [0.5, 0.6) is 0 Å². The highest BCUT2D eigenvalue weighted by atomic mass is 16.5. The van der Waals surface area contributed by atoms with E-state index in [0.29, 0.717) is 46.2 Å². The van der Waals surface area contributed by atoms with Gasteiger partial charge in [-0.1, -0.05) is 0 Å². The summed E-state index contributed by atoms with van der Waals surface area (Å²) in [6.07, 6.45) is 7.82. The molecule has 4 heterocycles. The summed E-state index contributed by atoms with van der Waals surface area (Å²) in [5.74, 6) is -0.359. The predicted molar refractivity (Wildman–Crippen MR) is 159 cm³/mol. The Bertz CT molecular complexity index is 1640. The average Bonchev–Trinajstić information content (AvgIpc) is 3.60. The lowest BCUT2D eigenvalue weighted by Crippen LogP contribution is -2.57. The Kier molecular flexibility index (Phi) is 7.72. The first kappa shape index (κ1) is 28.3. The Morgan fingerprint density at radius 1 is 1.21 bits per heavy atom. The van der Waals surface area contributed by atoms with Crippen LogP contribution in [0, 0.1) is 11.3 Å². The number of ether oxygens (including phenoxy) is 1. The molecule has 1 saturated heterocycles. The minimum atomic E-state index is -1.21. The Hall–Kier alpha value is -3.82. The molecule has 11 nitrogen and oxygen atoms in total. The van der Waals surface area contributed by atoms with Crippen molar-refractivity contribution in [3.63, 3.8) is 0 Å². The zero-order valence-electron chi connectivity index (χ0n) is 24.4. The topological polar surface area (TPSA) is 133 Å². The van der Waals surface area contributed by atoms with Crippen LogP contribution < -0.4 is 10.6 Å². The van der Waals surface area contributed by atoms with Gasteiger partial charge in [0.05, 0.1) is 41.0 Å². The van der Waals surface area contributed by atoms with E-state index in [1.807, 2.05) is 12.1 Å². The highest BCUT2D eigenvalue weighted by Crippen LogP contribution is 2.36. The summed E-state index contributed by atoms with van der Waals surface area (Å²) in [5, 5.41) is 36.8. The molecule has 1 amide bonds. The molecule has 0 unspecified atom stereocenters. The smallest absolute Gasteiger partial charge is 0.274 e. The van der Waals surface area contributed by atoms with Crippen molar-refractivity contribution < 1.29 is 14.6 Å². The minimum Gasteiger partial charge on any atom is -0.386 e. The first-order valence-corrected chi connectivity index (χ1v) is 14.7. The first-order valence-electron chi connectivity index (χ1n) is 14.7. The van der Waals surface area contributed by atoms with Crippen LogP contribution in [0.1, 0.15) is 67.2 Å². The Labute approximate surface area is 245 Å². The molecule has 1 aliphatic heterocycles. The van der Waals surface area contributed by atoms with Crippen molar-refractivity contribution >= 4 is 28.0 Å². The molecule has 3 N–H and O–H groups in total. The summed E-state index contributed by atoms with van der Waals surface area (Å²) >= 11 is 0. The van der Waals surface area contributed by atoms with Crippen molar-refractivity contribution in [2.45, 2.75) is 63.3 Å². The number of rotatable bonds is 7. The number of methoxy groups -OCH3 is 1. The third-order valence-electron chi connectivity index (χ3n) is 8.70. The molecular weight excluding hydrogens is 532 g/mol. The highest BCUT2D eigenvalue weighted by Gasteiger charge is 2.33. The molecule has 2 aliphatic rings. The van der Waals surface area contributed by atoms with Gasteiger partial charge in [0.1, 0.15) is 11.8 Å². The van der Waals surface area contributed by atoms with Gasteiger partial charge in [0, 0.05) is 61.7 Å². The standard InChI is InChI=1S/C31H38N8O3/c1-31(2,41)26-14-27-21(13-28(26)35-30(40)29-9-8-24-12-20(15-32)16-34-39(24)29)18-38(36-27)23-6-4-22(5-7-23)37-11-10-33-17-25(37)19-42-3/h8-9,12-14,16,18,22-23,25,33,41H,4-7,10-11,17,19H2,1-3H3,(H,35,40)/t22?,23?,25-/m0/s1. The SMILES string of the molecule is COC[C@@H]1CNCCN1C1CCC(n2cc3cc(NC(=O)c4ccc5cc(C#N)cnn45)c(C(C)(C)O)cc3n2)CC1. The maximum Gasteiger partial charge on any atom is 0.274 e. The average molecular weight is 571 g/mol. The normalized spacial score (nSPS) is 21.9. The second kappa shape index (κ2) is 11.5. The third-order valence-corrected chi connectivity index (χ3v) is 8.70. The highest BCUT2D eigenvalue weighted by molar-refractivity contribution is 6.05. The number of amides is 1. The molecule has 1 atom stereocenters. The summed E-state index contributed by atoms with van der Waals surface area (Å²) in [4.78, 5) is 16.0. The summed E-state index contributed by atoms with van der Waals surface area (Å²) in [6, 6.07) is 12.2. The molecule has 1 saturated carbocycles. The molecule has 0 spiro atoms. The number of hydrogen-bond donors (Lipinski definition) is 3. The number of aromatic nitrogens is 4. The fourth-order valence-electron chi connectivity index (χ4n) is 6.56. The number of anilines is 1. The fraction of sp³-hybridized carbons (Fsp3) is 0.484. The van der Waals surface area contributed by atoms with E-state index in [2.05, 4.69) is 37.6 Å². The zero-order valence-corrected chi connectivity index (χ0v) is 24.4. The van der Waals surface area contributed by atoms with Crippen LogP contribution in [-0.4, -0.2) is 80.7 Å². The second-order valence-electron chi connectivity index (χ2n) is 12.0. The molecule has 6 rings (SSSR count). The van der Waals surface area contributed by atoms with Crippen molar-refractivity contribution in [3.8, 4) is 6.07 Å². The van der Waals surface area contributed by atoms with E-state index >= 15 is 0 Å². The molecular formula is C31H38N8O3. The van der Waals surface area contributed by atoms with Crippen LogP contribution in [-0.2, 0) is 10.3 Å². The number of carbonyl (C=O) groups is 1. The number of fused-ring (bicyclic) bond motifs is 2. The van der Waals surface area contributed by atoms with E-state index in [-0.39, 0.29) is 5.91 Å². The van der Waals surface area contributed by atoms with Gasteiger partial charge in [0.15, 0.2) is 0 Å². The van der Waals surface area contributed by atoms with Crippen molar-refractivity contribution in [1.82, 2.24) is 29.6 Å². The first-order chi connectivity index (χ1) is 20.2. The van der Waals surface area contributed by atoms with Crippen molar-refractivity contribution in [2.24, 2.45) is 0 Å². The van der Waals surface area contributed by atoms with Crippen LogP contribution in [0.25, 0.3) is 16.4 Å². The van der Waals surface area contributed by atoms with Gasteiger partial charge in [0.2, 0.25) is 0 Å². The van der Waals surface area contributed by atoms with Crippen LogP contribution in [0.3, 0.4) is 0 Å². The van der Waals surface area contributed by atoms with Gasteiger partial charge in [-0.3, -0.25) is 14.4 Å². The van der Waals surface area contributed by atoms with Crippen LogP contribution in [0.2, 0.25) is 0 Å². The Balaban J connectivity index is 1.22. The van der Waals surface area contributed by atoms with Gasteiger partial charge in [-0.15, -0.1) is 0 Å². The lowest BCUT2D eigenvalue weighted by Gasteiger charge is -2.44. The Morgan fingerprint density at radius 2 is 2.00 bits per heavy atom. The molecule has 0 radical (unpaired) electrons. The van der Waals surface area contributed by atoms with Crippen molar-refractivity contribution in [2.75, 3.05) is 38.7 Å². The van der Waals surface area contributed by atoms with Gasteiger partial charge in [-0.25, -0.2) is 4.52 Å². The number of nitrogens with zero attached hydrogens (tertiary/aromatic N) is 6. The number of nitrogens with one attached hydrogen (secondary N) is 2. The molecule has 1 aliphatic carbocycles. The number of hydrogen-bond acceptors (Lipinski definition) is 8. The maximum atomic E-state index is 13.4. The van der Waals surface area contributed by atoms with Gasteiger partial charge in [0.25, 0.3) is 5.91 Å². The fourth-order valence-corrected chi connectivity index (χ4v) is 6.56. The quantitative estimate of drug-likeness (QED) is 0.308. The lowest BCUT2D eigenvalue weighted by molar-refractivity contribution is 0.0264. The molecule has 2 fully saturated rings. The molecule has 42 heavy (non-hydrogen) atoms. The lowest BCUT2D eigenvalue weighted by atomic mass is 9.89.